The molecule has 1 aromatic carbocycles. The molecule has 1 saturated heterocycles. The van der Waals surface area contributed by atoms with Gasteiger partial charge in [-0.2, -0.15) is 5.10 Å². The Bertz CT molecular complexity index is 894. The number of rotatable bonds is 6. The summed E-state index contributed by atoms with van der Waals surface area (Å²) in [5.74, 6) is -0.0768. The Balaban J connectivity index is 1.53. The lowest BCUT2D eigenvalue weighted by atomic mass is 9.74. The summed E-state index contributed by atoms with van der Waals surface area (Å²) in [5, 5.41) is 18.7. The minimum atomic E-state index is -0.362. The third kappa shape index (κ3) is 4.90. The van der Waals surface area contributed by atoms with Crippen LogP contribution in [0.15, 0.2) is 36.5 Å². The second kappa shape index (κ2) is 10.1. The van der Waals surface area contributed by atoms with E-state index in [0.29, 0.717) is 12.1 Å². The van der Waals surface area contributed by atoms with Crippen molar-refractivity contribution in [2.24, 2.45) is 0 Å². The molecule has 1 aromatic heterocycles. The molecule has 1 amide bonds. The van der Waals surface area contributed by atoms with E-state index in [0.717, 1.165) is 64.2 Å². The number of amides is 1. The zero-order chi connectivity index (χ0) is 22.6. The molecule has 7 nitrogen and oxygen atoms in total. The van der Waals surface area contributed by atoms with Crippen molar-refractivity contribution in [1.82, 2.24) is 20.0 Å². The number of ether oxygens (including phenoxy) is 1. The standard InChI is InChI=1S/C25H36N4O3/c1-3-29-17-21(19(2)27-29)24(31)26-18-25(20-7-5-4-6-8-20)11-9-22(23(30)10-12-25)28-13-15-32-16-14-28/h4-8,17,22-23,30H,3,9-16,18H2,1-2H3,(H,26,31)/t22-,23-,25+/m0/s1. The Hall–Kier alpha value is -2.22. The molecule has 1 aliphatic carbocycles. The number of aryl methyl sites for hydroxylation is 2. The van der Waals surface area contributed by atoms with Crippen molar-refractivity contribution in [2.45, 2.75) is 63.6 Å². The van der Waals surface area contributed by atoms with E-state index < -0.39 is 0 Å². The fourth-order valence-corrected chi connectivity index (χ4v) is 5.30. The van der Waals surface area contributed by atoms with Gasteiger partial charge >= 0.3 is 0 Å². The average molecular weight is 441 g/mol. The number of aromatic nitrogens is 2. The number of aliphatic hydroxyl groups excluding tert-OH is 1. The zero-order valence-corrected chi connectivity index (χ0v) is 19.3. The van der Waals surface area contributed by atoms with Gasteiger partial charge < -0.3 is 15.2 Å². The summed E-state index contributed by atoms with van der Waals surface area (Å²) in [5.41, 5.74) is 2.42. The van der Waals surface area contributed by atoms with Crippen LogP contribution in [0, 0.1) is 6.92 Å². The lowest BCUT2D eigenvalue weighted by Gasteiger charge is -2.37. The third-order valence-electron chi connectivity index (χ3n) is 7.28. The predicted molar refractivity (Wildman–Crippen MR) is 124 cm³/mol. The lowest BCUT2D eigenvalue weighted by molar-refractivity contribution is -0.0236. The van der Waals surface area contributed by atoms with E-state index in [9.17, 15) is 9.90 Å². The van der Waals surface area contributed by atoms with Gasteiger partial charge in [-0.25, -0.2) is 0 Å². The van der Waals surface area contributed by atoms with Crippen LogP contribution in [0.3, 0.4) is 0 Å². The molecule has 2 fully saturated rings. The minimum absolute atomic E-state index is 0.0768. The first-order chi connectivity index (χ1) is 15.5. The van der Waals surface area contributed by atoms with Gasteiger partial charge in [-0.1, -0.05) is 30.3 Å². The van der Waals surface area contributed by atoms with E-state index in [-0.39, 0.29) is 23.5 Å². The largest absolute Gasteiger partial charge is 0.391 e. The highest BCUT2D eigenvalue weighted by Gasteiger charge is 2.40. The summed E-state index contributed by atoms with van der Waals surface area (Å²) >= 11 is 0. The van der Waals surface area contributed by atoms with Crippen LogP contribution in [-0.2, 0) is 16.7 Å². The molecule has 2 N–H and O–H groups in total. The highest BCUT2D eigenvalue weighted by Crippen LogP contribution is 2.39. The van der Waals surface area contributed by atoms with E-state index in [1.807, 2.05) is 26.1 Å². The molecule has 2 aromatic rings. The lowest BCUT2D eigenvalue weighted by Crippen LogP contribution is -2.48. The Labute approximate surface area is 190 Å². The number of benzene rings is 1. The molecule has 7 heteroatoms. The first-order valence-electron chi connectivity index (χ1n) is 11.9. The summed E-state index contributed by atoms with van der Waals surface area (Å²) in [6, 6.07) is 10.6. The third-order valence-corrected chi connectivity index (χ3v) is 7.28. The number of carbonyl (C=O) groups is 1. The van der Waals surface area contributed by atoms with Crippen molar-refractivity contribution in [2.75, 3.05) is 32.8 Å². The molecule has 1 aliphatic heterocycles. The van der Waals surface area contributed by atoms with E-state index in [1.54, 1.807) is 4.68 Å². The van der Waals surface area contributed by atoms with Crippen LogP contribution >= 0.6 is 0 Å². The van der Waals surface area contributed by atoms with Crippen LogP contribution in [0.5, 0.6) is 0 Å². The smallest absolute Gasteiger partial charge is 0.254 e. The number of nitrogens with zero attached hydrogens (tertiary/aromatic N) is 3. The van der Waals surface area contributed by atoms with Crippen LogP contribution < -0.4 is 5.32 Å². The Kier molecular flexibility index (Phi) is 7.28. The van der Waals surface area contributed by atoms with Gasteiger partial charge in [-0.15, -0.1) is 0 Å². The zero-order valence-electron chi connectivity index (χ0n) is 19.3. The molecule has 0 unspecified atom stereocenters. The monoisotopic (exact) mass is 440 g/mol. The summed E-state index contributed by atoms with van der Waals surface area (Å²) in [6.07, 6.45) is 4.85. The van der Waals surface area contributed by atoms with Crippen LogP contribution in [0.2, 0.25) is 0 Å². The van der Waals surface area contributed by atoms with E-state index in [1.165, 1.54) is 5.56 Å². The number of hydrogen-bond acceptors (Lipinski definition) is 5. The van der Waals surface area contributed by atoms with Crippen molar-refractivity contribution in [3.63, 3.8) is 0 Å². The second-order valence-corrected chi connectivity index (χ2v) is 9.17. The van der Waals surface area contributed by atoms with Crippen molar-refractivity contribution < 1.29 is 14.6 Å². The molecule has 0 radical (unpaired) electrons. The SMILES string of the molecule is CCn1cc(C(=O)NC[C@]2(c3ccccc3)CC[C@H](O)[C@@H](N3CCOCC3)CC2)c(C)n1. The molecule has 32 heavy (non-hydrogen) atoms. The van der Waals surface area contributed by atoms with Crippen molar-refractivity contribution in [1.29, 1.82) is 0 Å². The molecule has 2 aliphatic rings. The summed E-state index contributed by atoms with van der Waals surface area (Å²) in [4.78, 5) is 15.4. The van der Waals surface area contributed by atoms with Crippen LogP contribution in [0.25, 0.3) is 0 Å². The highest BCUT2D eigenvalue weighted by molar-refractivity contribution is 5.95. The van der Waals surface area contributed by atoms with Gasteiger partial charge in [0, 0.05) is 43.8 Å². The summed E-state index contributed by atoms with van der Waals surface area (Å²) < 4.78 is 7.31. The van der Waals surface area contributed by atoms with Gasteiger partial charge in [0.15, 0.2) is 0 Å². The highest BCUT2D eigenvalue weighted by atomic mass is 16.5. The van der Waals surface area contributed by atoms with Gasteiger partial charge in [0.2, 0.25) is 0 Å². The molecule has 3 atom stereocenters. The van der Waals surface area contributed by atoms with Gasteiger partial charge in [0.1, 0.15) is 0 Å². The molecule has 0 bridgehead atoms. The molecule has 2 heterocycles. The van der Waals surface area contributed by atoms with E-state index in [2.05, 4.69) is 39.6 Å². The van der Waals surface area contributed by atoms with E-state index in [4.69, 9.17) is 4.74 Å². The number of hydrogen-bond donors (Lipinski definition) is 2. The van der Waals surface area contributed by atoms with Crippen molar-refractivity contribution in [3.05, 3.63) is 53.3 Å². The Morgan fingerprint density at radius 1 is 1.22 bits per heavy atom. The Morgan fingerprint density at radius 3 is 2.62 bits per heavy atom. The fraction of sp³-hybridized carbons (Fsp3) is 0.600. The van der Waals surface area contributed by atoms with Crippen molar-refractivity contribution >= 4 is 5.91 Å². The summed E-state index contributed by atoms with van der Waals surface area (Å²) in [7, 11) is 0. The maximum absolute atomic E-state index is 13.0. The first-order valence-corrected chi connectivity index (χ1v) is 11.9. The molecular weight excluding hydrogens is 404 g/mol. The number of carbonyl (C=O) groups excluding carboxylic acids is 1. The minimum Gasteiger partial charge on any atom is -0.391 e. The molecule has 174 valence electrons. The molecule has 1 saturated carbocycles. The summed E-state index contributed by atoms with van der Waals surface area (Å²) in [6.45, 7) is 8.39. The normalized spacial score (nSPS) is 27.1. The fourth-order valence-electron chi connectivity index (χ4n) is 5.30. The molecule has 0 spiro atoms. The average Bonchev–Trinajstić information content (AvgIpc) is 3.13. The molecular formula is C25H36N4O3. The van der Waals surface area contributed by atoms with Crippen LogP contribution in [0.4, 0.5) is 0 Å². The van der Waals surface area contributed by atoms with Gasteiger partial charge in [-0.05, 0) is 45.1 Å². The van der Waals surface area contributed by atoms with Gasteiger partial charge in [-0.3, -0.25) is 14.4 Å². The van der Waals surface area contributed by atoms with Crippen molar-refractivity contribution in [3.8, 4) is 0 Å². The second-order valence-electron chi connectivity index (χ2n) is 9.17. The topological polar surface area (TPSA) is 79.6 Å². The van der Waals surface area contributed by atoms with Gasteiger partial charge in [0.05, 0.1) is 30.6 Å². The van der Waals surface area contributed by atoms with Gasteiger partial charge in [0.25, 0.3) is 5.91 Å². The quantitative estimate of drug-likeness (QED) is 0.675. The number of nitrogens with one attached hydrogen (secondary N) is 1. The van der Waals surface area contributed by atoms with Crippen LogP contribution in [0.1, 0.15) is 54.2 Å². The van der Waals surface area contributed by atoms with Crippen LogP contribution in [-0.4, -0.2) is 70.7 Å². The number of morpholine rings is 1. The number of aliphatic hydroxyl groups is 1. The first kappa shape index (κ1) is 23.0. The molecule has 4 rings (SSSR count). The predicted octanol–water partition coefficient (Wildman–Crippen LogP) is 2.51. The maximum Gasteiger partial charge on any atom is 0.254 e. The maximum atomic E-state index is 13.0. The van der Waals surface area contributed by atoms with E-state index >= 15 is 0 Å². The Morgan fingerprint density at radius 2 is 1.94 bits per heavy atom.